The van der Waals surface area contributed by atoms with Gasteiger partial charge in [-0.1, -0.05) is 38.3 Å². The summed E-state index contributed by atoms with van der Waals surface area (Å²) in [6.07, 6.45) is 5.19. The summed E-state index contributed by atoms with van der Waals surface area (Å²) in [6.45, 7) is 7.82. The molecule has 1 aromatic heterocycles. The lowest BCUT2D eigenvalue weighted by atomic mass is 9.88. The van der Waals surface area contributed by atoms with E-state index in [9.17, 15) is 0 Å². The summed E-state index contributed by atoms with van der Waals surface area (Å²) in [5.74, 6) is 2.62. The first-order valence-electron chi connectivity index (χ1n) is 8.42. The molecule has 2 aromatic rings. The quantitative estimate of drug-likeness (QED) is 0.815. The fraction of sp³-hybridized carbons (Fsp3) is 0.579. The van der Waals surface area contributed by atoms with Gasteiger partial charge >= 0.3 is 0 Å². The summed E-state index contributed by atoms with van der Waals surface area (Å²) < 4.78 is 6.18. The van der Waals surface area contributed by atoms with Gasteiger partial charge in [0.2, 0.25) is 0 Å². The van der Waals surface area contributed by atoms with Gasteiger partial charge in [-0.15, -0.1) is 0 Å². The number of furan rings is 1. The number of rotatable bonds is 5. The van der Waals surface area contributed by atoms with Crippen molar-refractivity contribution < 1.29 is 4.42 Å². The van der Waals surface area contributed by atoms with Crippen LogP contribution in [0.2, 0.25) is 0 Å². The van der Waals surface area contributed by atoms with Gasteiger partial charge in [-0.2, -0.15) is 0 Å². The predicted molar refractivity (Wildman–Crippen MR) is 88.5 cm³/mol. The molecule has 0 amide bonds. The molecule has 0 bridgehead atoms. The molecule has 0 radical (unpaired) electrons. The molecule has 3 rings (SSSR count). The van der Waals surface area contributed by atoms with E-state index in [-0.39, 0.29) is 0 Å². The molecule has 1 aliphatic carbocycles. The van der Waals surface area contributed by atoms with Gasteiger partial charge in [0.05, 0.1) is 6.04 Å². The number of hydrogen-bond donors (Lipinski definition) is 1. The zero-order valence-corrected chi connectivity index (χ0v) is 13.5. The highest BCUT2D eigenvalue weighted by atomic mass is 16.3. The molecule has 2 nitrogen and oxygen atoms in total. The number of hydrogen-bond acceptors (Lipinski definition) is 2. The molecule has 1 aromatic carbocycles. The minimum absolute atomic E-state index is 0.371. The maximum atomic E-state index is 6.18. The maximum absolute atomic E-state index is 6.18. The van der Waals surface area contributed by atoms with E-state index < -0.39 is 0 Å². The van der Waals surface area contributed by atoms with Crippen LogP contribution in [0, 0.1) is 18.8 Å². The minimum Gasteiger partial charge on any atom is -0.459 e. The summed E-state index contributed by atoms with van der Waals surface area (Å²) in [5.41, 5.74) is 2.31. The Morgan fingerprint density at radius 2 is 2.14 bits per heavy atom. The van der Waals surface area contributed by atoms with Gasteiger partial charge < -0.3 is 9.73 Å². The van der Waals surface area contributed by atoms with Crippen molar-refractivity contribution in [2.24, 2.45) is 11.8 Å². The second-order valence-corrected chi connectivity index (χ2v) is 6.69. The number of aryl methyl sites for hydroxylation is 1. The Bertz CT molecular complexity index is 601. The smallest absolute Gasteiger partial charge is 0.134 e. The lowest BCUT2D eigenvalue weighted by Gasteiger charge is -2.26. The first kappa shape index (κ1) is 14.6. The van der Waals surface area contributed by atoms with Crippen molar-refractivity contribution in [3.05, 3.63) is 35.6 Å². The molecular weight excluding hydrogens is 258 g/mol. The van der Waals surface area contributed by atoms with Crippen LogP contribution in [-0.4, -0.2) is 6.54 Å². The SMILES string of the molecule is CCCNC(c1cc2cc(C)ccc2o1)C1CCCC1C. The predicted octanol–water partition coefficient (Wildman–Crippen LogP) is 5.22. The third kappa shape index (κ3) is 3.01. The summed E-state index contributed by atoms with van der Waals surface area (Å²) >= 11 is 0. The molecule has 1 fully saturated rings. The van der Waals surface area contributed by atoms with Crippen molar-refractivity contribution >= 4 is 11.0 Å². The van der Waals surface area contributed by atoms with Crippen LogP contribution in [0.4, 0.5) is 0 Å². The Balaban J connectivity index is 1.93. The van der Waals surface area contributed by atoms with E-state index >= 15 is 0 Å². The first-order chi connectivity index (χ1) is 10.2. The van der Waals surface area contributed by atoms with E-state index in [2.05, 4.69) is 50.4 Å². The van der Waals surface area contributed by atoms with Gasteiger partial charge in [0.25, 0.3) is 0 Å². The minimum atomic E-state index is 0.371. The monoisotopic (exact) mass is 285 g/mol. The highest BCUT2D eigenvalue weighted by Gasteiger charge is 2.33. The van der Waals surface area contributed by atoms with Crippen molar-refractivity contribution in [3.8, 4) is 0 Å². The zero-order valence-electron chi connectivity index (χ0n) is 13.5. The van der Waals surface area contributed by atoms with Gasteiger partial charge in [-0.25, -0.2) is 0 Å². The normalized spacial score (nSPS) is 23.8. The molecule has 3 unspecified atom stereocenters. The Kier molecular flexibility index (Phi) is 4.34. The number of fused-ring (bicyclic) bond motifs is 1. The molecule has 3 atom stereocenters. The average Bonchev–Trinajstić information content (AvgIpc) is 3.06. The molecule has 1 N–H and O–H groups in total. The van der Waals surface area contributed by atoms with E-state index in [0.29, 0.717) is 12.0 Å². The molecule has 0 saturated heterocycles. The molecule has 1 heterocycles. The van der Waals surface area contributed by atoms with Crippen LogP contribution >= 0.6 is 0 Å². The lowest BCUT2D eigenvalue weighted by molar-refractivity contribution is 0.270. The second kappa shape index (κ2) is 6.23. The van der Waals surface area contributed by atoms with Crippen LogP contribution in [0.1, 0.15) is 56.9 Å². The summed E-state index contributed by atoms with van der Waals surface area (Å²) in [7, 11) is 0. The zero-order chi connectivity index (χ0) is 14.8. The summed E-state index contributed by atoms with van der Waals surface area (Å²) in [4.78, 5) is 0. The first-order valence-corrected chi connectivity index (χ1v) is 8.42. The van der Waals surface area contributed by atoms with Crippen molar-refractivity contribution in [1.82, 2.24) is 5.32 Å². The van der Waals surface area contributed by atoms with Crippen LogP contribution < -0.4 is 5.32 Å². The fourth-order valence-corrected chi connectivity index (χ4v) is 3.77. The summed E-state index contributed by atoms with van der Waals surface area (Å²) in [6, 6.07) is 9.07. The Labute approximate surface area is 127 Å². The molecule has 0 spiro atoms. The van der Waals surface area contributed by atoms with Gasteiger partial charge in [0, 0.05) is 5.39 Å². The van der Waals surface area contributed by atoms with Crippen molar-refractivity contribution in [2.75, 3.05) is 6.54 Å². The molecule has 114 valence electrons. The van der Waals surface area contributed by atoms with E-state index in [1.807, 2.05) is 0 Å². The van der Waals surface area contributed by atoms with Gasteiger partial charge in [-0.3, -0.25) is 0 Å². The standard InChI is InChI=1S/C19H27NO/c1-4-10-20-19(16-7-5-6-14(16)3)18-12-15-11-13(2)8-9-17(15)21-18/h8-9,11-12,14,16,19-20H,4-7,10H2,1-3H3. The Morgan fingerprint density at radius 3 is 2.86 bits per heavy atom. The second-order valence-electron chi connectivity index (χ2n) is 6.69. The molecule has 0 aliphatic heterocycles. The van der Waals surface area contributed by atoms with Crippen molar-refractivity contribution in [2.45, 2.75) is 52.5 Å². The largest absolute Gasteiger partial charge is 0.459 e. The molecular formula is C19H27NO. The molecule has 2 heteroatoms. The summed E-state index contributed by atoms with van der Waals surface area (Å²) in [5, 5.41) is 4.98. The topological polar surface area (TPSA) is 25.2 Å². The Hall–Kier alpha value is -1.28. The maximum Gasteiger partial charge on any atom is 0.134 e. The van der Waals surface area contributed by atoms with Crippen molar-refractivity contribution in [3.63, 3.8) is 0 Å². The van der Waals surface area contributed by atoms with E-state index in [0.717, 1.165) is 30.2 Å². The number of benzene rings is 1. The Morgan fingerprint density at radius 1 is 1.29 bits per heavy atom. The van der Waals surface area contributed by atoms with E-state index in [1.165, 1.54) is 30.2 Å². The highest BCUT2D eigenvalue weighted by molar-refractivity contribution is 5.78. The van der Waals surface area contributed by atoms with Crippen LogP contribution in [0.5, 0.6) is 0 Å². The molecule has 21 heavy (non-hydrogen) atoms. The van der Waals surface area contributed by atoms with Gasteiger partial charge in [0.1, 0.15) is 11.3 Å². The van der Waals surface area contributed by atoms with Crippen LogP contribution in [-0.2, 0) is 0 Å². The third-order valence-electron chi connectivity index (χ3n) is 4.97. The van der Waals surface area contributed by atoms with E-state index in [4.69, 9.17) is 4.42 Å². The third-order valence-corrected chi connectivity index (χ3v) is 4.97. The molecule has 1 saturated carbocycles. The van der Waals surface area contributed by atoms with E-state index in [1.54, 1.807) is 0 Å². The molecule has 1 aliphatic rings. The lowest BCUT2D eigenvalue weighted by Crippen LogP contribution is -2.30. The highest BCUT2D eigenvalue weighted by Crippen LogP contribution is 2.41. The van der Waals surface area contributed by atoms with Crippen LogP contribution in [0.3, 0.4) is 0 Å². The van der Waals surface area contributed by atoms with Crippen LogP contribution in [0.25, 0.3) is 11.0 Å². The number of nitrogens with one attached hydrogen (secondary N) is 1. The van der Waals surface area contributed by atoms with Gasteiger partial charge in [-0.05, 0) is 56.3 Å². The van der Waals surface area contributed by atoms with Crippen molar-refractivity contribution in [1.29, 1.82) is 0 Å². The average molecular weight is 285 g/mol. The van der Waals surface area contributed by atoms with Gasteiger partial charge in [0.15, 0.2) is 0 Å². The fourth-order valence-electron chi connectivity index (χ4n) is 3.77. The van der Waals surface area contributed by atoms with Crippen LogP contribution in [0.15, 0.2) is 28.7 Å².